The molecule has 1 saturated heterocycles. The van der Waals surface area contributed by atoms with E-state index >= 15 is 0 Å². The van der Waals surface area contributed by atoms with Crippen LogP contribution in [0.5, 0.6) is 0 Å². The number of likely N-dealkylation sites (tertiary alicyclic amines) is 1. The molecule has 7 heteroatoms. The van der Waals surface area contributed by atoms with Crippen LogP contribution in [0.25, 0.3) is 0 Å². The highest BCUT2D eigenvalue weighted by molar-refractivity contribution is 7.89. The second-order valence-electron chi connectivity index (χ2n) is 7.44. The third-order valence-corrected chi connectivity index (χ3v) is 5.78. The van der Waals surface area contributed by atoms with Crippen molar-refractivity contribution in [1.82, 2.24) is 10.2 Å². The fourth-order valence-electron chi connectivity index (χ4n) is 3.78. The van der Waals surface area contributed by atoms with Crippen molar-refractivity contribution in [3.05, 3.63) is 28.8 Å². The molecule has 3 N–H and O–H groups in total. The SMILES string of the molecule is Cc1cc(C)c(S(N)(=O)=O)cc1C(=O)NCCN1C[C@H](C)C[C@H](C)C1. The molecule has 0 spiro atoms. The van der Waals surface area contributed by atoms with Crippen LogP contribution in [0.4, 0.5) is 0 Å². The van der Waals surface area contributed by atoms with E-state index in [1.807, 2.05) is 0 Å². The molecule has 1 amide bonds. The molecule has 1 aromatic rings. The number of rotatable bonds is 5. The van der Waals surface area contributed by atoms with Gasteiger partial charge >= 0.3 is 0 Å². The minimum absolute atomic E-state index is 0.00179. The summed E-state index contributed by atoms with van der Waals surface area (Å²) in [6.07, 6.45) is 1.25. The molecule has 25 heavy (non-hydrogen) atoms. The van der Waals surface area contributed by atoms with Crippen molar-refractivity contribution in [2.45, 2.75) is 39.0 Å². The Bertz CT molecular complexity index is 736. The smallest absolute Gasteiger partial charge is 0.251 e. The summed E-state index contributed by atoms with van der Waals surface area (Å²) in [5.74, 6) is 1.09. The van der Waals surface area contributed by atoms with Gasteiger partial charge in [0.2, 0.25) is 10.0 Å². The number of nitrogens with zero attached hydrogens (tertiary/aromatic N) is 1. The predicted octanol–water partition coefficient (Wildman–Crippen LogP) is 1.66. The van der Waals surface area contributed by atoms with Gasteiger partial charge in [0.1, 0.15) is 0 Å². The van der Waals surface area contributed by atoms with Gasteiger partial charge in [-0.2, -0.15) is 0 Å². The zero-order valence-corrected chi connectivity index (χ0v) is 16.3. The van der Waals surface area contributed by atoms with Gasteiger partial charge in [-0.25, -0.2) is 13.6 Å². The number of benzene rings is 1. The Balaban J connectivity index is 2.01. The molecule has 0 aromatic heterocycles. The van der Waals surface area contributed by atoms with Crippen LogP contribution in [-0.2, 0) is 10.0 Å². The van der Waals surface area contributed by atoms with E-state index < -0.39 is 10.0 Å². The summed E-state index contributed by atoms with van der Waals surface area (Å²) in [5.41, 5.74) is 1.64. The number of hydrogen-bond donors (Lipinski definition) is 2. The monoisotopic (exact) mass is 367 g/mol. The van der Waals surface area contributed by atoms with Gasteiger partial charge in [0.15, 0.2) is 0 Å². The van der Waals surface area contributed by atoms with Crippen molar-refractivity contribution >= 4 is 15.9 Å². The Hall–Kier alpha value is -1.44. The number of primary sulfonamides is 1. The Morgan fingerprint density at radius 3 is 2.36 bits per heavy atom. The summed E-state index contributed by atoms with van der Waals surface area (Å²) in [4.78, 5) is 14.8. The van der Waals surface area contributed by atoms with Gasteiger partial charge in [0, 0.05) is 31.7 Å². The van der Waals surface area contributed by atoms with E-state index in [-0.39, 0.29) is 10.8 Å². The number of amides is 1. The summed E-state index contributed by atoms with van der Waals surface area (Å²) in [6.45, 7) is 11.4. The van der Waals surface area contributed by atoms with Gasteiger partial charge < -0.3 is 10.2 Å². The van der Waals surface area contributed by atoms with Crippen LogP contribution < -0.4 is 10.5 Å². The van der Waals surface area contributed by atoms with Crippen LogP contribution in [0.2, 0.25) is 0 Å². The maximum atomic E-state index is 12.5. The lowest BCUT2D eigenvalue weighted by Crippen LogP contribution is -2.43. The van der Waals surface area contributed by atoms with Gasteiger partial charge in [-0.05, 0) is 49.3 Å². The van der Waals surface area contributed by atoms with Crippen LogP contribution in [0, 0.1) is 25.7 Å². The first-order chi connectivity index (χ1) is 11.6. The number of hydrogen-bond acceptors (Lipinski definition) is 4. The first-order valence-electron chi connectivity index (χ1n) is 8.72. The van der Waals surface area contributed by atoms with Gasteiger partial charge in [-0.1, -0.05) is 19.9 Å². The van der Waals surface area contributed by atoms with E-state index in [0.29, 0.717) is 29.5 Å². The Morgan fingerprint density at radius 2 is 1.80 bits per heavy atom. The molecule has 1 heterocycles. The molecule has 0 aliphatic carbocycles. The van der Waals surface area contributed by atoms with Crippen molar-refractivity contribution in [3.63, 3.8) is 0 Å². The zero-order valence-electron chi connectivity index (χ0n) is 15.5. The Morgan fingerprint density at radius 1 is 1.20 bits per heavy atom. The van der Waals surface area contributed by atoms with Gasteiger partial charge in [0.05, 0.1) is 4.90 Å². The molecular formula is C18H29N3O3S. The summed E-state index contributed by atoms with van der Waals surface area (Å²) in [7, 11) is -3.84. The number of carbonyl (C=O) groups excluding carboxylic acids is 1. The average molecular weight is 368 g/mol. The normalized spacial score (nSPS) is 22.0. The molecule has 2 rings (SSSR count). The number of aryl methyl sites for hydroxylation is 2. The quantitative estimate of drug-likeness (QED) is 0.828. The molecule has 1 aromatic carbocycles. The zero-order chi connectivity index (χ0) is 18.8. The lowest BCUT2D eigenvalue weighted by Gasteiger charge is -2.34. The second kappa shape index (κ2) is 7.85. The lowest BCUT2D eigenvalue weighted by molar-refractivity contribution is 0.0936. The minimum Gasteiger partial charge on any atom is -0.351 e. The molecule has 0 bridgehead atoms. The van der Waals surface area contributed by atoms with E-state index in [9.17, 15) is 13.2 Å². The van der Waals surface area contributed by atoms with Crippen molar-refractivity contribution in [3.8, 4) is 0 Å². The number of piperidine rings is 1. The molecule has 0 radical (unpaired) electrons. The fraction of sp³-hybridized carbons (Fsp3) is 0.611. The molecule has 1 fully saturated rings. The largest absolute Gasteiger partial charge is 0.351 e. The van der Waals surface area contributed by atoms with Crippen LogP contribution in [0.1, 0.15) is 41.8 Å². The van der Waals surface area contributed by atoms with Gasteiger partial charge in [-0.3, -0.25) is 4.79 Å². The predicted molar refractivity (Wildman–Crippen MR) is 99.0 cm³/mol. The highest BCUT2D eigenvalue weighted by atomic mass is 32.2. The maximum Gasteiger partial charge on any atom is 0.251 e. The van der Waals surface area contributed by atoms with E-state index in [0.717, 1.165) is 25.2 Å². The molecule has 1 aliphatic rings. The number of nitrogens with one attached hydrogen (secondary N) is 1. The van der Waals surface area contributed by atoms with Crippen molar-refractivity contribution in [2.75, 3.05) is 26.2 Å². The summed E-state index contributed by atoms with van der Waals surface area (Å²) < 4.78 is 23.3. The second-order valence-corrected chi connectivity index (χ2v) is 8.97. The molecule has 1 aliphatic heterocycles. The van der Waals surface area contributed by atoms with Crippen molar-refractivity contribution < 1.29 is 13.2 Å². The number of carbonyl (C=O) groups is 1. The van der Waals surface area contributed by atoms with Crippen molar-refractivity contribution in [2.24, 2.45) is 17.0 Å². The number of nitrogens with two attached hydrogens (primary N) is 1. The van der Waals surface area contributed by atoms with Crippen LogP contribution in [0.3, 0.4) is 0 Å². The minimum atomic E-state index is -3.84. The van der Waals surface area contributed by atoms with Crippen LogP contribution in [-0.4, -0.2) is 45.4 Å². The summed E-state index contributed by atoms with van der Waals surface area (Å²) in [6, 6.07) is 3.06. The molecule has 6 nitrogen and oxygen atoms in total. The van der Waals surface area contributed by atoms with E-state index in [1.165, 1.54) is 12.5 Å². The lowest BCUT2D eigenvalue weighted by atomic mass is 9.92. The van der Waals surface area contributed by atoms with Crippen LogP contribution in [0.15, 0.2) is 17.0 Å². The third-order valence-electron chi connectivity index (χ3n) is 4.73. The number of sulfonamides is 1. The summed E-state index contributed by atoms with van der Waals surface area (Å²) >= 11 is 0. The topological polar surface area (TPSA) is 92.5 Å². The molecule has 2 atom stereocenters. The standard InChI is InChI=1S/C18H29N3O3S/c1-12-7-13(2)11-21(10-12)6-5-20-18(22)16-9-17(25(19,23)24)15(4)8-14(16)3/h8-9,12-13H,5-7,10-11H2,1-4H3,(H,20,22)(H2,19,23,24)/t12-,13+. The molecule has 0 saturated carbocycles. The van der Waals surface area contributed by atoms with Gasteiger partial charge in [-0.15, -0.1) is 0 Å². The molecule has 0 unspecified atom stereocenters. The van der Waals surface area contributed by atoms with Gasteiger partial charge in [0.25, 0.3) is 5.91 Å². The third kappa shape index (κ3) is 5.26. The molecule has 140 valence electrons. The fourth-order valence-corrected chi connectivity index (χ4v) is 4.57. The van der Waals surface area contributed by atoms with Crippen LogP contribution >= 0.6 is 0 Å². The Labute approximate surface area is 150 Å². The Kier molecular flexibility index (Phi) is 6.24. The highest BCUT2D eigenvalue weighted by Crippen LogP contribution is 2.21. The van der Waals surface area contributed by atoms with E-state index in [1.54, 1.807) is 19.9 Å². The first-order valence-corrected chi connectivity index (χ1v) is 10.3. The van der Waals surface area contributed by atoms with Crippen molar-refractivity contribution in [1.29, 1.82) is 0 Å². The molecular weight excluding hydrogens is 338 g/mol. The van der Waals surface area contributed by atoms with E-state index in [2.05, 4.69) is 24.1 Å². The highest BCUT2D eigenvalue weighted by Gasteiger charge is 2.22. The maximum absolute atomic E-state index is 12.5. The van der Waals surface area contributed by atoms with E-state index in [4.69, 9.17) is 5.14 Å². The summed E-state index contributed by atoms with van der Waals surface area (Å²) in [5, 5.41) is 8.13. The average Bonchev–Trinajstić information content (AvgIpc) is 2.44. The first kappa shape index (κ1) is 19.9.